The maximum absolute atomic E-state index is 12.1. The first kappa shape index (κ1) is 17.0. The highest BCUT2D eigenvalue weighted by molar-refractivity contribution is 7.14. The number of rotatable bonds is 3. The Morgan fingerprint density at radius 1 is 1.12 bits per heavy atom. The Morgan fingerprint density at radius 2 is 1.79 bits per heavy atom. The molecule has 1 heterocycles. The average molecular weight is 343 g/mol. The van der Waals surface area contributed by atoms with E-state index in [0.717, 1.165) is 24.1 Å². The lowest BCUT2D eigenvalue weighted by molar-refractivity contribution is 0.244. The van der Waals surface area contributed by atoms with Crippen molar-refractivity contribution in [1.29, 1.82) is 0 Å². The number of amides is 2. The Kier molecular flexibility index (Phi) is 5.19. The van der Waals surface area contributed by atoms with Crippen molar-refractivity contribution in [2.45, 2.75) is 58.9 Å². The zero-order chi connectivity index (χ0) is 17.1. The van der Waals surface area contributed by atoms with Crippen LogP contribution < -0.4 is 10.6 Å². The third-order valence-corrected chi connectivity index (χ3v) is 5.36. The topological polar surface area (TPSA) is 54.0 Å². The molecule has 2 aromatic rings. The van der Waals surface area contributed by atoms with Gasteiger partial charge in [0.25, 0.3) is 0 Å². The van der Waals surface area contributed by atoms with Gasteiger partial charge in [-0.2, -0.15) is 0 Å². The molecule has 0 bridgehead atoms. The summed E-state index contributed by atoms with van der Waals surface area (Å²) >= 11 is 1.47. The number of nitrogens with zero attached hydrogens (tertiary/aromatic N) is 1. The van der Waals surface area contributed by atoms with Gasteiger partial charge in [0.2, 0.25) is 0 Å². The number of urea groups is 1. The van der Waals surface area contributed by atoms with Crippen LogP contribution in [0.15, 0.2) is 17.5 Å². The van der Waals surface area contributed by atoms with Crippen LogP contribution in [-0.2, 0) is 0 Å². The fourth-order valence-corrected chi connectivity index (χ4v) is 4.29. The Balaban J connectivity index is 1.68. The summed E-state index contributed by atoms with van der Waals surface area (Å²) in [6.07, 6.45) is 5.86. The van der Waals surface area contributed by atoms with Gasteiger partial charge in [0.05, 0.1) is 5.69 Å². The van der Waals surface area contributed by atoms with Gasteiger partial charge in [-0.25, -0.2) is 9.78 Å². The monoisotopic (exact) mass is 343 g/mol. The van der Waals surface area contributed by atoms with E-state index in [-0.39, 0.29) is 6.03 Å². The van der Waals surface area contributed by atoms with Crippen molar-refractivity contribution in [3.63, 3.8) is 0 Å². The van der Waals surface area contributed by atoms with Crippen molar-refractivity contribution in [2.75, 3.05) is 5.32 Å². The first-order valence-electron chi connectivity index (χ1n) is 8.64. The molecule has 1 aliphatic carbocycles. The first-order chi connectivity index (χ1) is 11.5. The van der Waals surface area contributed by atoms with E-state index in [1.807, 2.05) is 5.38 Å². The fraction of sp³-hybridized carbons (Fsp3) is 0.474. The molecule has 1 fully saturated rings. The van der Waals surface area contributed by atoms with E-state index in [0.29, 0.717) is 11.2 Å². The molecule has 2 amide bonds. The van der Waals surface area contributed by atoms with E-state index < -0.39 is 0 Å². The number of anilines is 1. The standard InChI is InChI=1S/C19H25N3OS/c1-12-9-13(2)17(14(3)10-12)16-11-24-19(21-16)22-18(23)20-15-7-5-4-6-8-15/h9-11,15H,4-8H2,1-3H3,(H2,20,21,22,23). The molecule has 128 valence electrons. The van der Waals surface area contributed by atoms with E-state index in [9.17, 15) is 4.79 Å². The first-order valence-corrected chi connectivity index (χ1v) is 9.52. The van der Waals surface area contributed by atoms with E-state index in [4.69, 9.17) is 0 Å². The largest absolute Gasteiger partial charge is 0.335 e. The molecule has 1 saturated carbocycles. The molecule has 3 rings (SSSR count). The van der Waals surface area contributed by atoms with Gasteiger partial charge in [0, 0.05) is 17.0 Å². The number of carbonyl (C=O) groups is 1. The minimum Gasteiger partial charge on any atom is -0.335 e. The third-order valence-electron chi connectivity index (χ3n) is 4.60. The van der Waals surface area contributed by atoms with Gasteiger partial charge < -0.3 is 5.32 Å². The second kappa shape index (κ2) is 7.34. The Morgan fingerprint density at radius 3 is 2.46 bits per heavy atom. The highest BCUT2D eigenvalue weighted by Crippen LogP contribution is 2.31. The smallest absolute Gasteiger partial charge is 0.321 e. The molecule has 0 unspecified atom stereocenters. The quantitative estimate of drug-likeness (QED) is 0.806. The Hall–Kier alpha value is -1.88. The molecule has 0 saturated heterocycles. The minimum atomic E-state index is -0.139. The number of aryl methyl sites for hydroxylation is 3. The van der Waals surface area contributed by atoms with E-state index in [1.54, 1.807) is 0 Å². The van der Waals surface area contributed by atoms with Crippen LogP contribution in [0.1, 0.15) is 48.8 Å². The van der Waals surface area contributed by atoms with Crippen LogP contribution in [0, 0.1) is 20.8 Å². The van der Waals surface area contributed by atoms with Gasteiger partial charge in [0.1, 0.15) is 0 Å². The van der Waals surface area contributed by atoms with Gasteiger partial charge in [-0.1, -0.05) is 37.0 Å². The lowest BCUT2D eigenvalue weighted by atomic mass is 9.96. The molecule has 5 heteroatoms. The van der Waals surface area contributed by atoms with E-state index >= 15 is 0 Å². The molecule has 1 aromatic carbocycles. The number of nitrogens with one attached hydrogen (secondary N) is 2. The van der Waals surface area contributed by atoms with Crippen LogP contribution in [0.25, 0.3) is 11.3 Å². The number of benzene rings is 1. The highest BCUT2D eigenvalue weighted by atomic mass is 32.1. The summed E-state index contributed by atoms with van der Waals surface area (Å²) in [5.74, 6) is 0. The van der Waals surface area contributed by atoms with Crippen LogP contribution in [0.5, 0.6) is 0 Å². The summed E-state index contributed by atoms with van der Waals surface area (Å²) < 4.78 is 0. The van der Waals surface area contributed by atoms with Gasteiger partial charge >= 0.3 is 6.03 Å². The van der Waals surface area contributed by atoms with Crippen molar-refractivity contribution in [3.05, 3.63) is 34.2 Å². The summed E-state index contributed by atoms with van der Waals surface area (Å²) in [6.45, 7) is 6.32. The van der Waals surface area contributed by atoms with Crippen LogP contribution in [-0.4, -0.2) is 17.1 Å². The molecule has 1 aliphatic rings. The van der Waals surface area contributed by atoms with Gasteiger partial charge in [0.15, 0.2) is 5.13 Å². The number of thiazole rings is 1. The number of hydrogen-bond donors (Lipinski definition) is 2. The Bertz CT molecular complexity index is 709. The molecule has 0 aliphatic heterocycles. The number of carbonyl (C=O) groups excluding carboxylic acids is 1. The van der Waals surface area contributed by atoms with E-state index in [2.05, 4.69) is 48.5 Å². The molecule has 4 nitrogen and oxygen atoms in total. The number of aromatic nitrogens is 1. The molecule has 0 spiro atoms. The van der Waals surface area contributed by atoms with Crippen LogP contribution >= 0.6 is 11.3 Å². The van der Waals surface area contributed by atoms with Gasteiger partial charge in [-0.3, -0.25) is 5.32 Å². The second-order valence-electron chi connectivity index (χ2n) is 6.75. The second-order valence-corrected chi connectivity index (χ2v) is 7.60. The molecule has 0 radical (unpaired) electrons. The van der Waals surface area contributed by atoms with Crippen LogP contribution in [0.2, 0.25) is 0 Å². The van der Waals surface area contributed by atoms with Crippen molar-refractivity contribution in [3.8, 4) is 11.3 Å². The average Bonchev–Trinajstić information content (AvgIpc) is 2.95. The zero-order valence-corrected chi connectivity index (χ0v) is 15.4. The minimum absolute atomic E-state index is 0.139. The highest BCUT2D eigenvalue weighted by Gasteiger charge is 2.17. The van der Waals surface area contributed by atoms with Gasteiger partial charge in [-0.15, -0.1) is 11.3 Å². The van der Waals surface area contributed by atoms with Crippen molar-refractivity contribution in [1.82, 2.24) is 10.3 Å². The van der Waals surface area contributed by atoms with Crippen LogP contribution in [0.4, 0.5) is 9.93 Å². The maximum Gasteiger partial charge on any atom is 0.321 e. The molecule has 2 N–H and O–H groups in total. The summed E-state index contributed by atoms with van der Waals surface area (Å²) in [5.41, 5.74) is 5.79. The lowest BCUT2D eigenvalue weighted by Crippen LogP contribution is -2.38. The van der Waals surface area contributed by atoms with E-state index in [1.165, 1.54) is 47.3 Å². The molecule has 1 aromatic heterocycles. The lowest BCUT2D eigenvalue weighted by Gasteiger charge is -2.22. The van der Waals surface area contributed by atoms with Crippen LogP contribution in [0.3, 0.4) is 0 Å². The number of hydrogen-bond acceptors (Lipinski definition) is 3. The molecule has 0 atom stereocenters. The molecular formula is C19H25N3OS. The fourth-order valence-electron chi connectivity index (χ4n) is 3.60. The molecule has 24 heavy (non-hydrogen) atoms. The summed E-state index contributed by atoms with van der Waals surface area (Å²) in [7, 11) is 0. The van der Waals surface area contributed by atoms with Crippen molar-refractivity contribution < 1.29 is 4.79 Å². The van der Waals surface area contributed by atoms with Gasteiger partial charge in [-0.05, 0) is 44.7 Å². The van der Waals surface area contributed by atoms with Crippen molar-refractivity contribution in [2.24, 2.45) is 0 Å². The SMILES string of the molecule is Cc1cc(C)c(-c2csc(NC(=O)NC3CCCCC3)n2)c(C)c1. The zero-order valence-electron chi connectivity index (χ0n) is 14.6. The predicted molar refractivity (Wildman–Crippen MR) is 101 cm³/mol. The molecular weight excluding hydrogens is 318 g/mol. The Labute approximate surface area is 147 Å². The maximum atomic E-state index is 12.1. The normalized spacial score (nSPS) is 15.3. The summed E-state index contributed by atoms with van der Waals surface area (Å²) in [4.78, 5) is 16.8. The van der Waals surface area contributed by atoms with Crippen molar-refractivity contribution >= 4 is 22.5 Å². The summed E-state index contributed by atoms with van der Waals surface area (Å²) in [5, 5.41) is 8.62. The summed E-state index contributed by atoms with van der Waals surface area (Å²) in [6, 6.07) is 4.51. The third kappa shape index (κ3) is 3.96. The predicted octanol–water partition coefficient (Wildman–Crippen LogP) is 5.19.